The minimum atomic E-state index is 1.28. The van der Waals surface area contributed by atoms with Crippen LogP contribution in [0.15, 0.2) is 84.9 Å². The smallest absolute Gasteiger partial charge is 0.0495 e. The molecule has 128 valence electrons. The first-order valence-electron chi connectivity index (χ1n) is 9.19. The zero-order chi connectivity index (χ0) is 18.0. The van der Waals surface area contributed by atoms with E-state index in [1.54, 1.807) is 0 Å². The fraction of sp³-hybridized carbons (Fsp3) is 0.0400. The Morgan fingerprint density at radius 2 is 1.37 bits per heavy atom. The van der Waals surface area contributed by atoms with Gasteiger partial charge in [-0.15, -0.1) is 11.3 Å². The Bertz CT molecular complexity index is 1480. The molecule has 2 heterocycles. The van der Waals surface area contributed by atoms with E-state index in [1.165, 1.54) is 53.1 Å². The van der Waals surface area contributed by atoms with Crippen LogP contribution in [0.5, 0.6) is 0 Å². The van der Waals surface area contributed by atoms with Crippen LogP contribution in [0.3, 0.4) is 0 Å². The van der Waals surface area contributed by atoms with Gasteiger partial charge in [-0.2, -0.15) is 0 Å². The number of fused-ring (bicyclic) bond motifs is 6. The molecular weight excluding hydrogens is 346 g/mol. The van der Waals surface area contributed by atoms with Gasteiger partial charge in [0.05, 0.1) is 0 Å². The second-order valence-corrected chi connectivity index (χ2v) is 8.17. The van der Waals surface area contributed by atoms with Crippen LogP contribution in [0.1, 0.15) is 0 Å². The van der Waals surface area contributed by atoms with Crippen LogP contribution in [-0.2, 0) is 7.05 Å². The Morgan fingerprint density at radius 1 is 0.630 bits per heavy atom. The monoisotopic (exact) mass is 363 g/mol. The molecule has 0 unspecified atom stereocenters. The second kappa shape index (κ2) is 5.45. The predicted octanol–water partition coefficient (Wildman–Crippen LogP) is 7.37. The highest BCUT2D eigenvalue weighted by Gasteiger charge is 2.13. The number of benzene rings is 4. The van der Waals surface area contributed by atoms with E-state index in [9.17, 15) is 0 Å². The SMILES string of the molecule is Cn1c2ccccc2c2c(-c3ccc4c(c3)sc3ccccc34)cccc21. The Hall–Kier alpha value is -3.10. The third-order valence-electron chi connectivity index (χ3n) is 5.63. The Morgan fingerprint density at radius 3 is 2.30 bits per heavy atom. The Balaban J connectivity index is 1.70. The minimum absolute atomic E-state index is 1.28. The lowest BCUT2D eigenvalue weighted by molar-refractivity contribution is 1.01. The number of nitrogens with zero attached hydrogens (tertiary/aromatic N) is 1. The molecule has 27 heavy (non-hydrogen) atoms. The summed E-state index contributed by atoms with van der Waals surface area (Å²) in [5.74, 6) is 0. The van der Waals surface area contributed by atoms with Crippen LogP contribution in [0.25, 0.3) is 53.1 Å². The van der Waals surface area contributed by atoms with Gasteiger partial charge in [0.15, 0.2) is 0 Å². The molecule has 0 amide bonds. The lowest BCUT2D eigenvalue weighted by Crippen LogP contribution is -1.86. The minimum Gasteiger partial charge on any atom is -0.344 e. The number of rotatable bonds is 1. The molecule has 0 saturated carbocycles. The van der Waals surface area contributed by atoms with Gasteiger partial charge in [-0.25, -0.2) is 0 Å². The van der Waals surface area contributed by atoms with Crippen LogP contribution in [0.2, 0.25) is 0 Å². The van der Waals surface area contributed by atoms with Gasteiger partial charge in [-0.1, -0.05) is 60.7 Å². The van der Waals surface area contributed by atoms with Crippen molar-refractivity contribution >= 4 is 53.3 Å². The van der Waals surface area contributed by atoms with E-state index in [4.69, 9.17) is 0 Å². The molecule has 4 aromatic carbocycles. The summed E-state index contributed by atoms with van der Waals surface area (Å²) in [6, 6.07) is 30.9. The maximum absolute atomic E-state index is 2.36. The van der Waals surface area contributed by atoms with Crippen molar-refractivity contribution in [3.05, 3.63) is 84.9 Å². The van der Waals surface area contributed by atoms with Gasteiger partial charge in [0, 0.05) is 49.0 Å². The summed E-state index contributed by atoms with van der Waals surface area (Å²) in [7, 11) is 2.16. The highest BCUT2D eigenvalue weighted by atomic mass is 32.1. The maximum Gasteiger partial charge on any atom is 0.0495 e. The van der Waals surface area contributed by atoms with E-state index in [0.29, 0.717) is 0 Å². The number of para-hydroxylation sites is 1. The highest BCUT2D eigenvalue weighted by Crippen LogP contribution is 2.40. The fourth-order valence-corrected chi connectivity index (χ4v) is 5.49. The predicted molar refractivity (Wildman–Crippen MR) is 119 cm³/mol. The first-order valence-corrected chi connectivity index (χ1v) is 10.0. The van der Waals surface area contributed by atoms with E-state index in [0.717, 1.165) is 0 Å². The molecule has 0 saturated heterocycles. The average Bonchev–Trinajstić information content (AvgIpc) is 3.23. The fourth-order valence-electron chi connectivity index (χ4n) is 4.34. The van der Waals surface area contributed by atoms with Crippen LogP contribution in [0.4, 0.5) is 0 Å². The third kappa shape index (κ3) is 2.05. The summed E-state index contributed by atoms with van der Waals surface area (Å²) in [6.07, 6.45) is 0. The van der Waals surface area contributed by atoms with E-state index < -0.39 is 0 Å². The molecule has 0 spiro atoms. The number of aromatic nitrogens is 1. The van der Waals surface area contributed by atoms with E-state index in [-0.39, 0.29) is 0 Å². The highest BCUT2D eigenvalue weighted by molar-refractivity contribution is 7.25. The molecule has 0 atom stereocenters. The summed E-state index contributed by atoms with van der Waals surface area (Å²) < 4.78 is 5.01. The molecule has 0 radical (unpaired) electrons. The molecule has 0 fully saturated rings. The van der Waals surface area contributed by atoms with Crippen molar-refractivity contribution < 1.29 is 0 Å². The summed E-state index contributed by atoms with van der Waals surface area (Å²) in [5, 5.41) is 5.37. The van der Waals surface area contributed by atoms with Crippen LogP contribution < -0.4 is 0 Å². The van der Waals surface area contributed by atoms with Gasteiger partial charge in [-0.05, 0) is 35.4 Å². The Labute approximate surface area is 161 Å². The second-order valence-electron chi connectivity index (χ2n) is 7.09. The largest absolute Gasteiger partial charge is 0.344 e. The van der Waals surface area contributed by atoms with Crippen molar-refractivity contribution in [1.82, 2.24) is 4.57 Å². The van der Waals surface area contributed by atoms with Gasteiger partial charge in [-0.3, -0.25) is 0 Å². The van der Waals surface area contributed by atoms with Gasteiger partial charge < -0.3 is 4.57 Å². The van der Waals surface area contributed by atoms with E-state index in [1.807, 2.05) is 11.3 Å². The Kier molecular flexibility index (Phi) is 3.03. The summed E-state index contributed by atoms with van der Waals surface area (Å²) in [5.41, 5.74) is 5.16. The first-order chi connectivity index (χ1) is 13.3. The van der Waals surface area contributed by atoms with Crippen LogP contribution in [-0.4, -0.2) is 4.57 Å². The van der Waals surface area contributed by atoms with Crippen molar-refractivity contribution in [2.45, 2.75) is 0 Å². The molecule has 6 aromatic rings. The molecule has 1 nitrogen and oxygen atoms in total. The van der Waals surface area contributed by atoms with Crippen molar-refractivity contribution in [2.24, 2.45) is 7.05 Å². The molecule has 2 aromatic heterocycles. The quantitative estimate of drug-likeness (QED) is 0.287. The molecule has 0 aliphatic rings. The average molecular weight is 363 g/mol. The summed E-state index contributed by atoms with van der Waals surface area (Å²) in [6.45, 7) is 0. The van der Waals surface area contributed by atoms with Gasteiger partial charge in [0.2, 0.25) is 0 Å². The molecule has 2 heteroatoms. The lowest BCUT2D eigenvalue weighted by atomic mass is 9.98. The topological polar surface area (TPSA) is 4.93 Å². The zero-order valence-corrected chi connectivity index (χ0v) is 15.8. The lowest BCUT2D eigenvalue weighted by Gasteiger charge is -2.06. The van der Waals surface area contributed by atoms with Crippen LogP contribution in [0, 0.1) is 0 Å². The number of aryl methyl sites for hydroxylation is 1. The number of thiophene rings is 1. The molecule has 0 aliphatic carbocycles. The number of hydrogen-bond acceptors (Lipinski definition) is 1. The third-order valence-corrected chi connectivity index (χ3v) is 6.76. The number of hydrogen-bond donors (Lipinski definition) is 0. The molecule has 0 bridgehead atoms. The molecule has 6 rings (SSSR count). The van der Waals surface area contributed by atoms with E-state index >= 15 is 0 Å². The van der Waals surface area contributed by atoms with Gasteiger partial charge in [0.1, 0.15) is 0 Å². The van der Waals surface area contributed by atoms with Crippen molar-refractivity contribution in [3.8, 4) is 11.1 Å². The molecular formula is C25H17NS. The van der Waals surface area contributed by atoms with Gasteiger partial charge >= 0.3 is 0 Å². The summed E-state index contributed by atoms with van der Waals surface area (Å²) in [4.78, 5) is 0. The normalized spacial score (nSPS) is 11.9. The molecule has 0 N–H and O–H groups in total. The van der Waals surface area contributed by atoms with Gasteiger partial charge in [0.25, 0.3) is 0 Å². The maximum atomic E-state index is 2.36. The molecule has 0 aliphatic heterocycles. The summed E-state index contributed by atoms with van der Waals surface area (Å²) >= 11 is 1.88. The van der Waals surface area contributed by atoms with E-state index in [2.05, 4.69) is 96.5 Å². The van der Waals surface area contributed by atoms with Crippen molar-refractivity contribution in [1.29, 1.82) is 0 Å². The van der Waals surface area contributed by atoms with Crippen LogP contribution >= 0.6 is 11.3 Å². The van der Waals surface area contributed by atoms with Crippen molar-refractivity contribution in [3.63, 3.8) is 0 Å². The first kappa shape index (κ1) is 15.0. The zero-order valence-electron chi connectivity index (χ0n) is 14.9. The standard InChI is InChI=1S/C25H17NS/c1-26-21-10-4-2-8-20(21)25-17(9-6-11-22(25)26)16-13-14-19-18-7-3-5-12-23(18)27-24(19)15-16/h2-15H,1H3. The van der Waals surface area contributed by atoms with Crippen molar-refractivity contribution in [2.75, 3.05) is 0 Å².